The van der Waals surface area contributed by atoms with Crippen molar-refractivity contribution in [2.45, 2.75) is 45.7 Å². The molecule has 0 aliphatic heterocycles. The molecule has 0 saturated carbocycles. The van der Waals surface area contributed by atoms with Crippen LogP contribution in [0.2, 0.25) is 0 Å². The topological polar surface area (TPSA) is 57.4 Å². The monoisotopic (exact) mass is 630 g/mol. The zero-order valence-electron chi connectivity index (χ0n) is 23.1. The van der Waals surface area contributed by atoms with Crippen molar-refractivity contribution in [2.24, 2.45) is 11.8 Å². The van der Waals surface area contributed by atoms with E-state index in [4.69, 9.17) is 13.6 Å². The largest absolute Gasteiger partial charge is 0.340 e. The number of aromatic nitrogens is 2. The highest BCUT2D eigenvalue weighted by Gasteiger charge is 2.46. The number of hydrogen-bond donors (Lipinski definition) is 0. The second-order valence-electron chi connectivity index (χ2n) is 10.5. The van der Waals surface area contributed by atoms with Gasteiger partial charge in [0, 0.05) is 15.6 Å². The van der Waals surface area contributed by atoms with E-state index in [2.05, 4.69) is 26.1 Å². The molecular weight excluding hydrogens is 597 g/mol. The predicted molar refractivity (Wildman–Crippen MR) is 158 cm³/mol. The van der Waals surface area contributed by atoms with Gasteiger partial charge in [-0.25, -0.2) is 0 Å². The van der Waals surface area contributed by atoms with Gasteiger partial charge >= 0.3 is 5.66 Å². The first-order valence-electron chi connectivity index (χ1n) is 13.3. The molecule has 1 aromatic heterocycles. The zero-order valence-corrected chi connectivity index (χ0v) is 25.5. The van der Waals surface area contributed by atoms with Gasteiger partial charge in [-0.3, -0.25) is 0 Å². The van der Waals surface area contributed by atoms with E-state index < -0.39 is 14.0 Å². The van der Waals surface area contributed by atoms with Gasteiger partial charge in [-0.05, 0) is 35.4 Å². The Labute approximate surface area is 244 Å². The van der Waals surface area contributed by atoms with Crippen molar-refractivity contribution in [3.8, 4) is 11.4 Å². The molecule has 0 radical (unpaired) electrons. The maximum atomic E-state index is 15.8. The molecule has 0 aliphatic carbocycles. The van der Waals surface area contributed by atoms with E-state index in [1.54, 1.807) is 12.1 Å². The van der Waals surface area contributed by atoms with E-state index in [0.717, 1.165) is 16.7 Å². The number of rotatable bonds is 13. The van der Waals surface area contributed by atoms with Crippen LogP contribution in [0.25, 0.3) is 11.4 Å². The van der Waals surface area contributed by atoms with Crippen molar-refractivity contribution in [1.29, 1.82) is 0 Å². The number of halogens is 3. The van der Waals surface area contributed by atoms with E-state index in [0.29, 0.717) is 22.6 Å². The Morgan fingerprint density at radius 3 is 2.05 bits per heavy atom. The van der Waals surface area contributed by atoms with Gasteiger partial charge in [-0.2, -0.15) is 13.8 Å². The summed E-state index contributed by atoms with van der Waals surface area (Å²) in [5, 5.41) is 4.20. The second-order valence-corrected chi connectivity index (χ2v) is 12.9. The Morgan fingerprint density at radius 1 is 0.875 bits per heavy atom. The minimum Gasteiger partial charge on any atom is -0.338 e. The molecule has 9 heteroatoms. The van der Waals surface area contributed by atoms with E-state index >= 15 is 8.78 Å². The van der Waals surface area contributed by atoms with Crippen LogP contribution in [0.4, 0.5) is 8.78 Å². The van der Waals surface area contributed by atoms with Crippen LogP contribution >= 0.6 is 24.3 Å². The summed E-state index contributed by atoms with van der Waals surface area (Å²) in [5.74, 6) is 0.921. The third-order valence-corrected chi connectivity index (χ3v) is 8.17. The first-order valence-corrected chi connectivity index (χ1v) is 15.3. The fraction of sp³-hybridized carbons (Fsp3) is 0.355. The maximum absolute atomic E-state index is 15.8. The smallest absolute Gasteiger partial charge is 0.338 e. The van der Waals surface area contributed by atoms with Crippen LogP contribution in [0.1, 0.15) is 56.2 Å². The molecule has 5 nitrogen and oxygen atoms in total. The highest BCUT2D eigenvalue weighted by Crippen LogP contribution is 2.61. The SMILES string of the molecule is CC(C)COP(OCC(C)C)C(F)(F)c1ccc(CC(c2ccccc2)c2nc(-c3ccccc3)no2)cc1Br. The number of hydrogen-bond acceptors (Lipinski definition) is 5. The molecule has 4 rings (SSSR count). The van der Waals surface area contributed by atoms with E-state index in [-0.39, 0.29) is 36.5 Å². The molecule has 0 aliphatic rings. The van der Waals surface area contributed by atoms with Crippen molar-refractivity contribution >= 4 is 24.3 Å². The molecule has 0 saturated heterocycles. The van der Waals surface area contributed by atoms with Gasteiger partial charge in [0.2, 0.25) is 11.7 Å². The van der Waals surface area contributed by atoms with Crippen LogP contribution in [0.15, 0.2) is 87.9 Å². The number of alkyl halides is 2. The van der Waals surface area contributed by atoms with Crippen molar-refractivity contribution in [2.75, 3.05) is 13.2 Å². The summed E-state index contributed by atoms with van der Waals surface area (Å²) < 4.78 is 48.8. The summed E-state index contributed by atoms with van der Waals surface area (Å²) in [6.45, 7) is 8.09. The van der Waals surface area contributed by atoms with Crippen LogP contribution in [0, 0.1) is 11.8 Å². The van der Waals surface area contributed by atoms with E-state index in [1.165, 1.54) is 6.07 Å². The van der Waals surface area contributed by atoms with Crippen LogP contribution in [0.3, 0.4) is 0 Å². The predicted octanol–water partition coefficient (Wildman–Crippen LogP) is 9.58. The van der Waals surface area contributed by atoms with Gasteiger partial charge in [0.25, 0.3) is 8.38 Å². The molecule has 0 spiro atoms. The third kappa shape index (κ3) is 7.82. The fourth-order valence-corrected chi connectivity index (χ4v) is 6.50. The van der Waals surface area contributed by atoms with Gasteiger partial charge in [-0.15, -0.1) is 0 Å². The molecule has 0 N–H and O–H groups in total. The highest BCUT2D eigenvalue weighted by molar-refractivity contribution is 9.10. The number of benzene rings is 3. The first kappa shape index (κ1) is 30.4. The lowest BCUT2D eigenvalue weighted by molar-refractivity contribution is 0.0493. The highest BCUT2D eigenvalue weighted by atomic mass is 79.9. The van der Waals surface area contributed by atoms with Crippen LogP contribution < -0.4 is 0 Å². The second kappa shape index (κ2) is 13.9. The summed E-state index contributed by atoms with van der Waals surface area (Å²) in [6.07, 6.45) is 0.480. The minimum absolute atomic E-state index is 0.108. The van der Waals surface area contributed by atoms with Crippen LogP contribution in [-0.2, 0) is 21.1 Å². The molecule has 1 atom stereocenters. The molecule has 1 unspecified atom stereocenters. The van der Waals surface area contributed by atoms with Gasteiger partial charge in [-0.1, -0.05) is 122 Å². The lowest BCUT2D eigenvalue weighted by atomic mass is 9.91. The Kier molecular flexibility index (Phi) is 10.6. The molecule has 0 fully saturated rings. The molecule has 212 valence electrons. The molecule has 4 aromatic rings. The number of nitrogens with zero attached hydrogens (tertiary/aromatic N) is 2. The Balaban J connectivity index is 1.61. The average Bonchev–Trinajstić information content (AvgIpc) is 3.42. The fourth-order valence-electron chi connectivity index (χ4n) is 4.01. The van der Waals surface area contributed by atoms with Gasteiger partial charge in [0.15, 0.2) is 0 Å². The Bertz CT molecular complexity index is 1340. The van der Waals surface area contributed by atoms with Crippen molar-refractivity contribution in [1.82, 2.24) is 10.1 Å². The summed E-state index contributed by atoms with van der Waals surface area (Å²) in [5.41, 5.74) is -0.768. The molecule has 0 amide bonds. The van der Waals surface area contributed by atoms with E-state index in [9.17, 15) is 0 Å². The van der Waals surface area contributed by atoms with Gasteiger partial charge in [0.05, 0.1) is 19.1 Å². The normalized spacial score (nSPS) is 12.9. The van der Waals surface area contributed by atoms with Crippen molar-refractivity contribution in [3.05, 3.63) is 106 Å². The van der Waals surface area contributed by atoms with Crippen molar-refractivity contribution in [3.63, 3.8) is 0 Å². The summed E-state index contributed by atoms with van der Waals surface area (Å²) in [7, 11) is -2.48. The van der Waals surface area contributed by atoms with Crippen molar-refractivity contribution < 1.29 is 22.4 Å². The van der Waals surface area contributed by atoms with E-state index in [1.807, 2.05) is 88.4 Å². The van der Waals surface area contributed by atoms with Gasteiger partial charge in [0.1, 0.15) is 0 Å². The third-order valence-electron chi connectivity index (χ3n) is 6.05. The summed E-state index contributed by atoms with van der Waals surface area (Å²) in [4.78, 5) is 4.69. The standard InChI is InChI=1S/C31H34BrF2N2O3P/c1-21(2)19-37-40(38-20-22(3)4)31(33,34)27-16-15-23(18-28(27)32)17-26(24-11-7-5-8-12-24)30-35-29(36-39-30)25-13-9-6-10-14-25/h5-16,18,21-22,26H,17,19-20H2,1-4H3. The average molecular weight is 631 g/mol. The lowest BCUT2D eigenvalue weighted by Gasteiger charge is -2.28. The summed E-state index contributed by atoms with van der Waals surface area (Å²) >= 11 is 3.42. The quantitative estimate of drug-likeness (QED) is 0.138. The summed E-state index contributed by atoms with van der Waals surface area (Å²) in [6, 6.07) is 24.4. The Morgan fingerprint density at radius 2 is 1.48 bits per heavy atom. The molecule has 1 heterocycles. The van der Waals surface area contributed by atoms with Crippen LogP contribution in [0.5, 0.6) is 0 Å². The van der Waals surface area contributed by atoms with Gasteiger partial charge < -0.3 is 13.6 Å². The Hall–Kier alpha value is -2.51. The first-order chi connectivity index (χ1) is 19.1. The lowest BCUT2D eigenvalue weighted by Crippen LogP contribution is -2.18. The molecular formula is C31H34BrF2N2O3P. The zero-order chi connectivity index (χ0) is 28.7. The maximum Gasteiger partial charge on any atom is 0.340 e. The molecule has 40 heavy (non-hydrogen) atoms. The molecule has 3 aromatic carbocycles. The van der Waals surface area contributed by atoms with Crippen LogP contribution in [-0.4, -0.2) is 23.4 Å². The minimum atomic E-state index is -3.30. The molecule has 0 bridgehead atoms.